The monoisotopic (exact) mass is 462 g/mol. The van der Waals surface area contributed by atoms with Gasteiger partial charge in [-0.2, -0.15) is 8.42 Å². The first-order valence-electron chi connectivity index (χ1n) is 8.75. The number of amides is 1. The standard InChI is InChI=1S/C19H18N4O6S2/c1-11-6-4-5-7-13(11)16(24)20-18-21-22-19(30-18)31(26,27)23-14-10-12(17(25)29-3)8-9-15(14)28-2/h4-10,23H,1-3H3,(H,20,21,24). The number of aromatic nitrogens is 2. The molecule has 0 saturated carbocycles. The van der Waals surface area contributed by atoms with Crippen molar-refractivity contribution >= 4 is 44.1 Å². The van der Waals surface area contributed by atoms with Gasteiger partial charge in [0.15, 0.2) is 0 Å². The molecule has 0 saturated heterocycles. The highest BCUT2D eigenvalue weighted by atomic mass is 32.2. The lowest BCUT2D eigenvalue weighted by molar-refractivity contribution is 0.0600. The van der Waals surface area contributed by atoms with Crippen LogP contribution in [0, 0.1) is 6.92 Å². The van der Waals surface area contributed by atoms with Gasteiger partial charge in [0, 0.05) is 5.56 Å². The van der Waals surface area contributed by atoms with Gasteiger partial charge in [-0.25, -0.2) is 4.79 Å². The Morgan fingerprint density at radius 2 is 1.81 bits per heavy atom. The fourth-order valence-electron chi connectivity index (χ4n) is 2.58. The first-order valence-corrected chi connectivity index (χ1v) is 11.0. The number of hydrogen-bond acceptors (Lipinski definition) is 9. The SMILES string of the molecule is COC(=O)c1ccc(OC)c(NS(=O)(=O)c2nnc(NC(=O)c3ccccc3C)s2)c1. The van der Waals surface area contributed by atoms with Crippen molar-refractivity contribution < 1.29 is 27.5 Å². The molecule has 31 heavy (non-hydrogen) atoms. The van der Waals surface area contributed by atoms with Gasteiger partial charge in [0.1, 0.15) is 5.75 Å². The largest absolute Gasteiger partial charge is 0.495 e. The van der Waals surface area contributed by atoms with E-state index in [1.54, 1.807) is 31.2 Å². The van der Waals surface area contributed by atoms with Crippen molar-refractivity contribution in [3.05, 3.63) is 59.2 Å². The van der Waals surface area contributed by atoms with E-state index in [0.29, 0.717) is 16.9 Å². The second-order valence-corrected chi connectivity index (χ2v) is 8.99. The third-order valence-electron chi connectivity index (χ3n) is 4.11. The number of rotatable bonds is 7. The lowest BCUT2D eigenvalue weighted by Gasteiger charge is -2.11. The van der Waals surface area contributed by atoms with E-state index in [9.17, 15) is 18.0 Å². The van der Waals surface area contributed by atoms with Crippen LogP contribution >= 0.6 is 11.3 Å². The predicted octanol–water partition coefficient (Wildman–Crippen LogP) is 2.69. The Morgan fingerprint density at radius 3 is 2.48 bits per heavy atom. The quantitative estimate of drug-likeness (QED) is 0.404. The smallest absolute Gasteiger partial charge is 0.337 e. The number of carbonyl (C=O) groups is 2. The Hall–Kier alpha value is -3.51. The fraction of sp³-hybridized carbons (Fsp3) is 0.158. The summed E-state index contributed by atoms with van der Waals surface area (Å²) in [4.78, 5) is 24.1. The van der Waals surface area contributed by atoms with Gasteiger partial charge in [-0.1, -0.05) is 29.5 Å². The molecule has 3 rings (SSSR count). The summed E-state index contributed by atoms with van der Waals surface area (Å²) in [6, 6.07) is 11.1. The van der Waals surface area contributed by atoms with E-state index >= 15 is 0 Å². The molecule has 1 amide bonds. The van der Waals surface area contributed by atoms with Crippen LogP contribution in [0.3, 0.4) is 0 Å². The van der Waals surface area contributed by atoms with Crippen molar-refractivity contribution in [3.63, 3.8) is 0 Å². The topological polar surface area (TPSA) is 137 Å². The molecule has 2 N–H and O–H groups in total. The van der Waals surface area contributed by atoms with Gasteiger partial charge in [0.25, 0.3) is 20.3 Å². The molecule has 0 spiro atoms. The van der Waals surface area contributed by atoms with Crippen LogP contribution in [0.25, 0.3) is 0 Å². The highest BCUT2D eigenvalue weighted by Gasteiger charge is 2.24. The molecule has 0 atom stereocenters. The molecule has 1 aromatic heterocycles. The number of benzene rings is 2. The van der Waals surface area contributed by atoms with Crippen LogP contribution in [-0.2, 0) is 14.8 Å². The minimum Gasteiger partial charge on any atom is -0.495 e. The number of nitrogens with one attached hydrogen (secondary N) is 2. The highest BCUT2D eigenvalue weighted by molar-refractivity contribution is 7.94. The molecule has 3 aromatic rings. The Morgan fingerprint density at radius 1 is 1.06 bits per heavy atom. The summed E-state index contributed by atoms with van der Waals surface area (Å²) in [7, 11) is -1.60. The van der Waals surface area contributed by atoms with Gasteiger partial charge in [0.2, 0.25) is 5.13 Å². The van der Waals surface area contributed by atoms with Gasteiger partial charge in [-0.15, -0.1) is 10.2 Å². The molecule has 0 aliphatic heterocycles. The number of anilines is 2. The number of ether oxygens (including phenoxy) is 2. The average Bonchev–Trinajstić information content (AvgIpc) is 3.22. The summed E-state index contributed by atoms with van der Waals surface area (Å²) in [6.45, 7) is 1.78. The summed E-state index contributed by atoms with van der Waals surface area (Å²) < 4.78 is 37.2. The molecule has 162 valence electrons. The van der Waals surface area contributed by atoms with Crippen LogP contribution in [0.5, 0.6) is 5.75 Å². The van der Waals surface area contributed by atoms with Crippen molar-refractivity contribution in [3.8, 4) is 5.75 Å². The first-order chi connectivity index (χ1) is 14.7. The molecule has 0 bridgehead atoms. The second kappa shape index (κ2) is 9.10. The number of aryl methyl sites for hydroxylation is 1. The third kappa shape index (κ3) is 4.98. The fourth-order valence-corrected chi connectivity index (χ4v) is 4.54. The van der Waals surface area contributed by atoms with Crippen LogP contribution in [0.1, 0.15) is 26.3 Å². The minimum absolute atomic E-state index is 0.0175. The first kappa shape index (κ1) is 22.2. The van der Waals surface area contributed by atoms with Gasteiger partial charge in [0.05, 0.1) is 25.5 Å². The number of hydrogen-bond donors (Lipinski definition) is 2. The molecule has 2 aromatic carbocycles. The number of sulfonamides is 1. The van der Waals surface area contributed by atoms with Crippen molar-refractivity contribution in [2.24, 2.45) is 0 Å². The summed E-state index contributed by atoms with van der Waals surface area (Å²) >= 11 is 0.679. The number of nitrogens with zero attached hydrogens (tertiary/aromatic N) is 2. The van der Waals surface area contributed by atoms with Crippen LogP contribution in [-0.4, -0.2) is 44.7 Å². The van der Waals surface area contributed by atoms with Crippen LogP contribution in [0.4, 0.5) is 10.8 Å². The van der Waals surface area contributed by atoms with E-state index in [2.05, 4.69) is 25.0 Å². The summed E-state index contributed by atoms with van der Waals surface area (Å²) in [6.07, 6.45) is 0. The van der Waals surface area contributed by atoms with E-state index < -0.39 is 21.9 Å². The zero-order valence-corrected chi connectivity index (χ0v) is 18.3. The van der Waals surface area contributed by atoms with Crippen LogP contribution < -0.4 is 14.8 Å². The maximum atomic E-state index is 12.8. The van der Waals surface area contributed by atoms with Crippen molar-refractivity contribution in [1.82, 2.24) is 10.2 Å². The molecule has 0 aliphatic carbocycles. The van der Waals surface area contributed by atoms with E-state index in [1.165, 1.54) is 32.4 Å². The number of methoxy groups -OCH3 is 2. The zero-order chi connectivity index (χ0) is 22.6. The summed E-state index contributed by atoms with van der Waals surface area (Å²) in [5.74, 6) is -0.882. The van der Waals surface area contributed by atoms with E-state index in [1.807, 2.05) is 0 Å². The maximum Gasteiger partial charge on any atom is 0.337 e. The number of carbonyl (C=O) groups excluding carboxylic acids is 2. The van der Waals surface area contributed by atoms with Crippen molar-refractivity contribution in [2.75, 3.05) is 24.3 Å². The van der Waals surface area contributed by atoms with Gasteiger partial charge >= 0.3 is 5.97 Å². The van der Waals surface area contributed by atoms with E-state index in [4.69, 9.17) is 4.74 Å². The predicted molar refractivity (Wildman–Crippen MR) is 114 cm³/mol. The molecule has 0 unspecified atom stereocenters. The summed E-state index contributed by atoms with van der Waals surface area (Å²) in [5, 5.41) is 9.94. The normalized spacial score (nSPS) is 10.9. The third-order valence-corrected chi connectivity index (χ3v) is 6.68. The van der Waals surface area contributed by atoms with Gasteiger partial charge in [-0.05, 0) is 36.8 Å². The molecular formula is C19H18N4O6S2. The van der Waals surface area contributed by atoms with E-state index in [-0.39, 0.29) is 26.5 Å². The highest BCUT2D eigenvalue weighted by Crippen LogP contribution is 2.30. The average molecular weight is 463 g/mol. The lowest BCUT2D eigenvalue weighted by atomic mass is 10.1. The molecular weight excluding hydrogens is 444 g/mol. The Labute approximate surface area is 182 Å². The Kier molecular flexibility index (Phi) is 6.51. The molecule has 0 radical (unpaired) electrons. The van der Waals surface area contributed by atoms with Crippen molar-refractivity contribution in [2.45, 2.75) is 11.3 Å². The van der Waals surface area contributed by atoms with Crippen molar-refractivity contribution in [1.29, 1.82) is 0 Å². The molecule has 10 nitrogen and oxygen atoms in total. The molecule has 0 aliphatic rings. The lowest BCUT2D eigenvalue weighted by Crippen LogP contribution is -2.14. The van der Waals surface area contributed by atoms with E-state index in [0.717, 1.165) is 5.56 Å². The molecule has 1 heterocycles. The van der Waals surface area contributed by atoms with Crippen LogP contribution in [0.2, 0.25) is 0 Å². The van der Waals surface area contributed by atoms with Gasteiger partial charge < -0.3 is 9.47 Å². The second-order valence-electron chi connectivity index (χ2n) is 6.15. The zero-order valence-electron chi connectivity index (χ0n) is 16.7. The Bertz CT molecular complexity index is 1240. The minimum atomic E-state index is -4.17. The Balaban J connectivity index is 1.83. The van der Waals surface area contributed by atoms with Gasteiger partial charge in [-0.3, -0.25) is 14.8 Å². The summed E-state index contributed by atoms with van der Waals surface area (Å²) in [5.41, 5.74) is 1.34. The molecule has 0 fully saturated rings. The maximum absolute atomic E-state index is 12.8. The molecule has 12 heteroatoms. The number of esters is 1. The van der Waals surface area contributed by atoms with Crippen LogP contribution in [0.15, 0.2) is 46.8 Å².